The molecule has 4 rings (SSSR count). The van der Waals surface area contributed by atoms with Gasteiger partial charge in [0.1, 0.15) is 11.9 Å². The Kier molecular flexibility index (Phi) is 8.17. The Hall–Kier alpha value is -2.68. The van der Waals surface area contributed by atoms with Gasteiger partial charge in [-0.15, -0.1) is 0 Å². The number of amides is 3. The fourth-order valence-corrected chi connectivity index (χ4v) is 5.86. The number of halogens is 1. The van der Waals surface area contributed by atoms with Gasteiger partial charge in [0.15, 0.2) is 0 Å². The van der Waals surface area contributed by atoms with Crippen molar-refractivity contribution in [1.29, 1.82) is 0 Å². The van der Waals surface area contributed by atoms with Crippen molar-refractivity contribution < 1.29 is 18.8 Å². The van der Waals surface area contributed by atoms with Gasteiger partial charge in [0.25, 0.3) is 0 Å². The molecular weight excluding hydrogens is 461 g/mol. The van der Waals surface area contributed by atoms with Gasteiger partial charge in [0.05, 0.1) is 5.41 Å². The third-order valence-electron chi connectivity index (χ3n) is 8.14. The zero-order chi connectivity index (χ0) is 25.9. The van der Waals surface area contributed by atoms with E-state index in [1.165, 1.54) is 19.1 Å². The van der Waals surface area contributed by atoms with Crippen LogP contribution in [0, 0.1) is 17.2 Å². The minimum absolute atomic E-state index is 0.00834. The number of hydrogen-bond donors (Lipinski definition) is 2. The first kappa shape index (κ1) is 26.4. The quantitative estimate of drug-likeness (QED) is 0.597. The number of nitrogens with zero attached hydrogens (tertiary/aromatic N) is 3. The van der Waals surface area contributed by atoms with Crippen LogP contribution < -0.4 is 15.5 Å². The molecular formula is C27H40FN5O3. The molecule has 36 heavy (non-hydrogen) atoms. The molecule has 1 unspecified atom stereocenters. The minimum atomic E-state index is -0.523. The molecule has 0 saturated carbocycles. The van der Waals surface area contributed by atoms with Crippen molar-refractivity contribution >= 4 is 23.4 Å². The molecule has 3 amide bonds. The topological polar surface area (TPSA) is 85.0 Å². The molecule has 8 nitrogen and oxygen atoms in total. The highest BCUT2D eigenvalue weighted by Crippen LogP contribution is 2.41. The van der Waals surface area contributed by atoms with Crippen molar-refractivity contribution in [1.82, 2.24) is 20.4 Å². The van der Waals surface area contributed by atoms with Crippen LogP contribution in [0.1, 0.15) is 46.5 Å². The van der Waals surface area contributed by atoms with Crippen LogP contribution in [0.4, 0.5) is 10.1 Å². The highest BCUT2D eigenvalue weighted by atomic mass is 19.1. The Balaban J connectivity index is 1.22. The highest BCUT2D eigenvalue weighted by Gasteiger charge is 2.49. The molecule has 2 atom stereocenters. The molecule has 1 aromatic carbocycles. The van der Waals surface area contributed by atoms with Crippen molar-refractivity contribution in [3.63, 3.8) is 0 Å². The van der Waals surface area contributed by atoms with E-state index < -0.39 is 6.04 Å². The molecule has 0 aliphatic carbocycles. The van der Waals surface area contributed by atoms with Crippen LogP contribution in [-0.4, -0.2) is 85.4 Å². The van der Waals surface area contributed by atoms with Crippen molar-refractivity contribution in [3.05, 3.63) is 30.1 Å². The number of carbonyl (C=O) groups is 3. The first-order chi connectivity index (χ1) is 17.2. The lowest BCUT2D eigenvalue weighted by Crippen LogP contribution is -2.54. The highest BCUT2D eigenvalue weighted by molar-refractivity contribution is 5.88. The summed E-state index contributed by atoms with van der Waals surface area (Å²) in [6, 6.07) is 6.32. The zero-order valence-corrected chi connectivity index (χ0v) is 21.8. The summed E-state index contributed by atoms with van der Waals surface area (Å²) in [6.07, 6.45) is 3.08. The lowest BCUT2D eigenvalue weighted by molar-refractivity contribution is -0.142. The Morgan fingerprint density at radius 1 is 1.08 bits per heavy atom. The van der Waals surface area contributed by atoms with E-state index in [0.717, 1.165) is 51.3 Å². The monoisotopic (exact) mass is 501 g/mol. The first-order valence-electron chi connectivity index (χ1n) is 13.3. The molecule has 1 spiro atoms. The molecule has 9 heteroatoms. The average molecular weight is 502 g/mol. The van der Waals surface area contributed by atoms with Gasteiger partial charge < -0.3 is 20.4 Å². The normalized spacial score (nSPS) is 23.1. The smallest absolute Gasteiger partial charge is 0.245 e. The number of anilines is 1. The molecule has 3 aliphatic rings. The number of piperidine rings is 1. The van der Waals surface area contributed by atoms with E-state index in [0.29, 0.717) is 25.9 Å². The van der Waals surface area contributed by atoms with Crippen LogP contribution in [0.5, 0.6) is 0 Å². The Bertz CT molecular complexity index is 937. The van der Waals surface area contributed by atoms with Crippen LogP contribution in [0.2, 0.25) is 0 Å². The first-order valence-corrected chi connectivity index (χ1v) is 13.3. The number of rotatable bonds is 7. The fourth-order valence-electron chi connectivity index (χ4n) is 5.86. The summed E-state index contributed by atoms with van der Waals surface area (Å²) in [5, 5.41) is 6.02. The van der Waals surface area contributed by atoms with Crippen molar-refractivity contribution in [2.75, 3.05) is 50.7 Å². The predicted octanol–water partition coefficient (Wildman–Crippen LogP) is 2.00. The molecule has 1 aromatic rings. The van der Waals surface area contributed by atoms with Crippen LogP contribution in [0.3, 0.4) is 0 Å². The van der Waals surface area contributed by atoms with E-state index >= 15 is 0 Å². The summed E-state index contributed by atoms with van der Waals surface area (Å²) in [7, 11) is 0. The maximum Gasteiger partial charge on any atom is 0.245 e. The van der Waals surface area contributed by atoms with Crippen LogP contribution >= 0.6 is 0 Å². The molecule has 198 valence electrons. The Labute approximate surface area is 213 Å². The molecule has 3 aliphatic heterocycles. The summed E-state index contributed by atoms with van der Waals surface area (Å²) in [5.74, 6) is -0.331. The van der Waals surface area contributed by atoms with Gasteiger partial charge in [0.2, 0.25) is 17.7 Å². The standard InChI is InChI=1S/C27H40FN5O3/c1-19(2)24(29-20(3)34)25(35)33-12-9-27(10-13-33)18-22(30-26(27)36)8-11-31-14-16-32(17-15-31)23-6-4-21(28)5-7-23/h4-7,19,22,24H,8-18H2,1-3H3,(H,29,34)(H,30,36)/t22-,24?/m0/s1. The number of likely N-dealkylation sites (tertiary alicyclic amines) is 1. The molecule has 3 heterocycles. The second-order valence-corrected chi connectivity index (χ2v) is 11.0. The Morgan fingerprint density at radius 2 is 1.72 bits per heavy atom. The van der Waals surface area contributed by atoms with Gasteiger partial charge in [-0.1, -0.05) is 13.8 Å². The van der Waals surface area contributed by atoms with Crippen LogP contribution in [0.25, 0.3) is 0 Å². The van der Waals surface area contributed by atoms with E-state index in [9.17, 15) is 18.8 Å². The fraction of sp³-hybridized carbons (Fsp3) is 0.667. The molecule has 2 N–H and O–H groups in total. The third kappa shape index (κ3) is 5.99. The van der Waals surface area contributed by atoms with Crippen molar-refractivity contribution in [3.8, 4) is 0 Å². The van der Waals surface area contributed by atoms with Gasteiger partial charge in [-0.2, -0.15) is 0 Å². The largest absolute Gasteiger partial charge is 0.369 e. The van der Waals surface area contributed by atoms with Gasteiger partial charge in [-0.25, -0.2) is 4.39 Å². The van der Waals surface area contributed by atoms with Gasteiger partial charge in [-0.3, -0.25) is 19.3 Å². The number of hydrogen-bond acceptors (Lipinski definition) is 5. The zero-order valence-electron chi connectivity index (χ0n) is 21.8. The number of piperazine rings is 1. The molecule has 0 aromatic heterocycles. The lowest BCUT2D eigenvalue weighted by Gasteiger charge is -2.39. The van der Waals surface area contributed by atoms with Gasteiger partial charge >= 0.3 is 0 Å². The summed E-state index contributed by atoms with van der Waals surface area (Å²) in [4.78, 5) is 44.1. The summed E-state index contributed by atoms with van der Waals surface area (Å²) in [6.45, 7) is 11.1. The number of benzene rings is 1. The Morgan fingerprint density at radius 3 is 2.31 bits per heavy atom. The second kappa shape index (κ2) is 11.2. The predicted molar refractivity (Wildman–Crippen MR) is 137 cm³/mol. The van der Waals surface area contributed by atoms with Crippen molar-refractivity contribution in [2.24, 2.45) is 11.3 Å². The number of nitrogens with one attached hydrogen (secondary N) is 2. The van der Waals surface area contributed by atoms with E-state index in [4.69, 9.17) is 0 Å². The molecule has 3 fully saturated rings. The summed E-state index contributed by atoms with van der Waals surface area (Å²) >= 11 is 0. The average Bonchev–Trinajstić information content (AvgIpc) is 3.16. The summed E-state index contributed by atoms with van der Waals surface area (Å²) in [5.41, 5.74) is 0.673. The summed E-state index contributed by atoms with van der Waals surface area (Å²) < 4.78 is 13.2. The minimum Gasteiger partial charge on any atom is -0.369 e. The molecule has 3 saturated heterocycles. The van der Waals surface area contributed by atoms with Gasteiger partial charge in [0, 0.05) is 64.5 Å². The molecule has 0 radical (unpaired) electrons. The third-order valence-corrected chi connectivity index (χ3v) is 8.14. The van der Waals surface area contributed by atoms with Crippen LogP contribution in [-0.2, 0) is 14.4 Å². The van der Waals surface area contributed by atoms with Crippen molar-refractivity contribution in [2.45, 2.75) is 58.5 Å². The lowest BCUT2D eigenvalue weighted by atomic mass is 9.75. The van der Waals surface area contributed by atoms with E-state index in [-0.39, 0.29) is 40.9 Å². The SMILES string of the molecule is CC(=O)NC(C(=O)N1CCC2(CC1)C[C@H](CCN1CCN(c3ccc(F)cc3)CC1)NC2=O)C(C)C. The van der Waals surface area contributed by atoms with E-state index in [1.54, 1.807) is 0 Å². The second-order valence-electron chi connectivity index (χ2n) is 11.0. The maximum absolute atomic E-state index is 13.2. The number of carbonyl (C=O) groups excluding carboxylic acids is 3. The van der Waals surface area contributed by atoms with Crippen LogP contribution in [0.15, 0.2) is 24.3 Å². The molecule has 0 bridgehead atoms. The maximum atomic E-state index is 13.2. The van der Waals surface area contributed by atoms with E-state index in [1.807, 2.05) is 30.9 Å². The van der Waals surface area contributed by atoms with E-state index in [2.05, 4.69) is 20.4 Å². The van der Waals surface area contributed by atoms with Gasteiger partial charge in [-0.05, 0) is 55.9 Å².